The summed E-state index contributed by atoms with van der Waals surface area (Å²) >= 11 is 0. The first kappa shape index (κ1) is 7.74. The molecule has 0 radical (unpaired) electrons. The second kappa shape index (κ2) is 3.68. The molecule has 0 N–H and O–H groups in total. The van der Waals surface area contributed by atoms with Crippen LogP contribution in [0.15, 0.2) is 24.4 Å². The minimum atomic E-state index is 1.03. The van der Waals surface area contributed by atoms with Crippen LogP contribution in [0.25, 0.3) is 0 Å². The molecule has 0 aliphatic carbocycles. The summed E-state index contributed by atoms with van der Waals surface area (Å²) in [6.07, 6.45) is 4.57. The molecule has 2 heteroatoms. The summed E-state index contributed by atoms with van der Waals surface area (Å²) in [5.41, 5.74) is 1.19. The highest BCUT2D eigenvalue weighted by Crippen LogP contribution is 2.10. The van der Waals surface area contributed by atoms with Crippen LogP contribution in [0.3, 0.4) is 0 Å². The van der Waals surface area contributed by atoms with Gasteiger partial charge in [0, 0.05) is 12.7 Å². The van der Waals surface area contributed by atoms with E-state index in [1.807, 2.05) is 12.3 Å². The SMILES string of the molecule is c1ccc(CN2CCCC2)nc1. The van der Waals surface area contributed by atoms with Gasteiger partial charge >= 0.3 is 0 Å². The quantitative estimate of drug-likeness (QED) is 0.657. The van der Waals surface area contributed by atoms with Crippen LogP contribution in [0.5, 0.6) is 0 Å². The zero-order valence-electron chi connectivity index (χ0n) is 7.24. The smallest absolute Gasteiger partial charge is 0.0543 e. The van der Waals surface area contributed by atoms with Gasteiger partial charge in [-0.3, -0.25) is 9.88 Å². The van der Waals surface area contributed by atoms with Crippen LogP contribution in [-0.4, -0.2) is 23.0 Å². The number of hydrogen-bond donors (Lipinski definition) is 0. The third-order valence-electron chi connectivity index (χ3n) is 2.31. The Morgan fingerprint density at radius 3 is 2.75 bits per heavy atom. The Morgan fingerprint density at radius 2 is 2.08 bits per heavy atom. The van der Waals surface area contributed by atoms with Crippen molar-refractivity contribution in [2.75, 3.05) is 13.1 Å². The van der Waals surface area contributed by atoms with Gasteiger partial charge in [0.25, 0.3) is 0 Å². The maximum absolute atomic E-state index is 4.30. The van der Waals surface area contributed by atoms with Gasteiger partial charge < -0.3 is 0 Å². The number of pyridine rings is 1. The van der Waals surface area contributed by atoms with Gasteiger partial charge in [0.1, 0.15) is 0 Å². The monoisotopic (exact) mass is 162 g/mol. The molecule has 0 unspecified atom stereocenters. The van der Waals surface area contributed by atoms with Crippen molar-refractivity contribution in [2.24, 2.45) is 0 Å². The fraction of sp³-hybridized carbons (Fsp3) is 0.500. The van der Waals surface area contributed by atoms with Gasteiger partial charge in [0.05, 0.1) is 5.69 Å². The fourth-order valence-electron chi connectivity index (χ4n) is 1.66. The lowest BCUT2D eigenvalue weighted by atomic mass is 10.3. The van der Waals surface area contributed by atoms with Crippen LogP contribution in [0.2, 0.25) is 0 Å². The summed E-state index contributed by atoms with van der Waals surface area (Å²) in [6.45, 7) is 3.52. The van der Waals surface area contributed by atoms with Gasteiger partial charge in [0.2, 0.25) is 0 Å². The van der Waals surface area contributed by atoms with Crippen molar-refractivity contribution < 1.29 is 0 Å². The van der Waals surface area contributed by atoms with Crippen LogP contribution >= 0.6 is 0 Å². The molecular formula is C10H14N2. The summed E-state index contributed by atoms with van der Waals surface area (Å²) in [5.74, 6) is 0. The first-order valence-electron chi connectivity index (χ1n) is 4.57. The Bertz CT molecular complexity index is 227. The van der Waals surface area contributed by atoms with E-state index in [0.717, 1.165) is 6.54 Å². The lowest BCUT2D eigenvalue weighted by Gasteiger charge is -2.12. The minimum Gasteiger partial charge on any atom is -0.298 e. The third-order valence-corrected chi connectivity index (χ3v) is 2.31. The second-order valence-corrected chi connectivity index (χ2v) is 3.30. The molecule has 64 valence electrons. The zero-order valence-corrected chi connectivity index (χ0v) is 7.24. The molecule has 2 heterocycles. The molecule has 0 spiro atoms. The minimum absolute atomic E-state index is 1.03. The summed E-state index contributed by atoms with van der Waals surface area (Å²) < 4.78 is 0. The van der Waals surface area contributed by atoms with Crippen molar-refractivity contribution in [3.05, 3.63) is 30.1 Å². The lowest BCUT2D eigenvalue weighted by Crippen LogP contribution is -2.18. The lowest BCUT2D eigenvalue weighted by molar-refractivity contribution is 0.327. The Kier molecular flexibility index (Phi) is 2.37. The molecule has 12 heavy (non-hydrogen) atoms. The standard InChI is InChI=1S/C10H14N2/c1-2-6-11-10(5-1)9-12-7-3-4-8-12/h1-2,5-6H,3-4,7-9H2. The zero-order chi connectivity index (χ0) is 8.23. The van der Waals surface area contributed by atoms with Crippen LogP contribution in [0, 0.1) is 0 Å². The largest absolute Gasteiger partial charge is 0.298 e. The van der Waals surface area contributed by atoms with Crippen LogP contribution in [0.4, 0.5) is 0 Å². The molecule has 2 rings (SSSR count). The highest BCUT2D eigenvalue weighted by Gasteiger charge is 2.11. The highest BCUT2D eigenvalue weighted by molar-refractivity contribution is 5.03. The van der Waals surface area contributed by atoms with Gasteiger partial charge in [-0.2, -0.15) is 0 Å². The molecule has 1 aromatic rings. The Balaban J connectivity index is 1.94. The Labute approximate surface area is 73.2 Å². The number of aromatic nitrogens is 1. The van der Waals surface area contributed by atoms with Crippen molar-refractivity contribution >= 4 is 0 Å². The summed E-state index contributed by atoms with van der Waals surface area (Å²) in [6, 6.07) is 6.12. The van der Waals surface area contributed by atoms with E-state index in [9.17, 15) is 0 Å². The van der Waals surface area contributed by atoms with Crippen LogP contribution in [0.1, 0.15) is 18.5 Å². The van der Waals surface area contributed by atoms with Gasteiger partial charge in [-0.1, -0.05) is 6.07 Å². The number of hydrogen-bond acceptors (Lipinski definition) is 2. The van der Waals surface area contributed by atoms with Crippen LogP contribution in [-0.2, 0) is 6.54 Å². The van der Waals surface area contributed by atoms with Gasteiger partial charge in [-0.25, -0.2) is 0 Å². The first-order chi connectivity index (χ1) is 5.95. The molecule has 1 aliphatic heterocycles. The topological polar surface area (TPSA) is 16.1 Å². The summed E-state index contributed by atoms with van der Waals surface area (Å²) in [5, 5.41) is 0. The molecule has 1 aromatic heterocycles. The summed E-state index contributed by atoms with van der Waals surface area (Å²) in [7, 11) is 0. The molecule has 1 saturated heterocycles. The van der Waals surface area contributed by atoms with E-state index in [1.165, 1.54) is 31.6 Å². The fourth-order valence-corrected chi connectivity index (χ4v) is 1.66. The Morgan fingerprint density at radius 1 is 1.25 bits per heavy atom. The Hall–Kier alpha value is -0.890. The van der Waals surface area contributed by atoms with Gasteiger partial charge in [-0.15, -0.1) is 0 Å². The van der Waals surface area contributed by atoms with E-state index in [-0.39, 0.29) is 0 Å². The molecular weight excluding hydrogens is 148 g/mol. The van der Waals surface area contributed by atoms with Crippen molar-refractivity contribution in [1.82, 2.24) is 9.88 Å². The van der Waals surface area contributed by atoms with E-state index in [4.69, 9.17) is 0 Å². The van der Waals surface area contributed by atoms with E-state index in [1.54, 1.807) is 0 Å². The molecule has 0 atom stereocenters. The van der Waals surface area contributed by atoms with E-state index >= 15 is 0 Å². The van der Waals surface area contributed by atoms with Crippen molar-refractivity contribution in [3.8, 4) is 0 Å². The molecule has 0 aromatic carbocycles. The van der Waals surface area contributed by atoms with Gasteiger partial charge in [-0.05, 0) is 38.1 Å². The first-order valence-corrected chi connectivity index (χ1v) is 4.57. The average Bonchev–Trinajstić information content (AvgIpc) is 2.59. The summed E-state index contributed by atoms with van der Waals surface area (Å²) in [4.78, 5) is 6.76. The number of nitrogens with zero attached hydrogens (tertiary/aromatic N) is 2. The molecule has 2 nitrogen and oxygen atoms in total. The molecule has 0 amide bonds. The van der Waals surface area contributed by atoms with Gasteiger partial charge in [0.15, 0.2) is 0 Å². The van der Waals surface area contributed by atoms with Crippen LogP contribution < -0.4 is 0 Å². The maximum Gasteiger partial charge on any atom is 0.0543 e. The van der Waals surface area contributed by atoms with E-state index in [2.05, 4.69) is 22.0 Å². The normalized spacial score (nSPS) is 18.3. The average molecular weight is 162 g/mol. The van der Waals surface area contributed by atoms with E-state index < -0.39 is 0 Å². The van der Waals surface area contributed by atoms with Crippen molar-refractivity contribution in [2.45, 2.75) is 19.4 Å². The molecule has 0 bridgehead atoms. The van der Waals surface area contributed by atoms with Crippen molar-refractivity contribution in [1.29, 1.82) is 0 Å². The van der Waals surface area contributed by atoms with E-state index in [0.29, 0.717) is 0 Å². The third kappa shape index (κ3) is 1.83. The molecule has 0 saturated carbocycles. The molecule has 1 fully saturated rings. The predicted octanol–water partition coefficient (Wildman–Crippen LogP) is 1.68. The predicted molar refractivity (Wildman–Crippen MR) is 48.7 cm³/mol. The second-order valence-electron chi connectivity index (χ2n) is 3.30. The molecule has 1 aliphatic rings. The number of rotatable bonds is 2. The number of likely N-dealkylation sites (tertiary alicyclic amines) is 1. The highest BCUT2D eigenvalue weighted by atomic mass is 15.1. The van der Waals surface area contributed by atoms with Crippen molar-refractivity contribution in [3.63, 3.8) is 0 Å². The maximum atomic E-state index is 4.30.